The lowest BCUT2D eigenvalue weighted by Crippen LogP contribution is -2.46. The molecule has 1 saturated carbocycles. The SMILES string of the molecule is CC(=O)N1C[C@H](F)C[C@H]1C(=O)NC(c1ccccc1)c1ccc(C2CC2)cn1. The molecule has 5 nitrogen and oxygen atoms in total. The van der Waals surface area contributed by atoms with Crippen molar-refractivity contribution in [3.8, 4) is 0 Å². The van der Waals surface area contributed by atoms with Gasteiger partial charge in [-0.3, -0.25) is 14.6 Å². The highest BCUT2D eigenvalue weighted by Gasteiger charge is 2.39. The maximum absolute atomic E-state index is 13.9. The van der Waals surface area contributed by atoms with E-state index in [1.807, 2.05) is 42.6 Å². The average molecular weight is 381 g/mol. The summed E-state index contributed by atoms with van der Waals surface area (Å²) in [7, 11) is 0. The van der Waals surface area contributed by atoms with E-state index in [0.717, 1.165) is 11.3 Å². The quantitative estimate of drug-likeness (QED) is 0.866. The number of pyridine rings is 1. The topological polar surface area (TPSA) is 62.3 Å². The van der Waals surface area contributed by atoms with Crippen molar-refractivity contribution < 1.29 is 14.0 Å². The first-order valence-corrected chi connectivity index (χ1v) is 9.75. The number of rotatable bonds is 5. The van der Waals surface area contributed by atoms with Gasteiger partial charge in [0.1, 0.15) is 12.2 Å². The van der Waals surface area contributed by atoms with E-state index in [1.54, 1.807) is 0 Å². The van der Waals surface area contributed by atoms with Crippen LogP contribution in [0.4, 0.5) is 4.39 Å². The van der Waals surface area contributed by atoms with Crippen LogP contribution in [0.1, 0.15) is 55.0 Å². The van der Waals surface area contributed by atoms with Crippen molar-refractivity contribution in [2.24, 2.45) is 0 Å². The Labute approximate surface area is 164 Å². The van der Waals surface area contributed by atoms with Gasteiger partial charge in [-0.25, -0.2) is 4.39 Å². The normalized spacial score (nSPS) is 22.7. The summed E-state index contributed by atoms with van der Waals surface area (Å²) in [6, 6.07) is 12.4. The van der Waals surface area contributed by atoms with E-state index in [9.17, 15) is 14.0 Å². The predicted octanol–water partition coefficient (Wildman–Crippen LogP) is 3.12. The molecule has 2 heterocycles. The number of aromatic nitrogens is 1. The molecule has 2 fully saturated rings. The van der Waals surface area contributed by atoms with Gasteiger partial charge in [-0.15, -0.1) is 0 Å². The fourth-order valence-corrected chi connectivity index (χ4v) is 3.84. The van der Waals surface area contributed by atoms with E-state index in [4.69, 9.17) is 0 Å². The van der Waals surface area contributed by atoms with Crippen molar-refractivity contribution in [1.82, 2.24) is 15.2 Å². The fourth-order valence-electron chi connectivity index (χ4n) is 3.84. The van der Waals surface area contributed by atoms with E-state index in [2.05, 4.69) is 16.4 Å². The van der Waals surface area contributed by atoms with Gasteiger partial charge in [0.2, 0.25) is 11.8 Å². The van der Waals surface area contributed by atoms with Crippen molar-refractivity contribution >= 4 is 11.8 Å². The van der Waals surface area contributed by atoms with Crippen molar-refractivity contribution in [2.75, 3.05) is 6.54 Å². The van der Waals surface area contributed by atoms with Crippen molar-refractivity contribution in [2.45, 2.75) is 50.4 Å². The van der Waals surface area contributed by atoms with Gasteiger partial charge in [0.25, 0.3) is 0 Å². The Morgan fingerprint density at radius 1 is 1.18 bits per heavy atom. The number of carbonyl (C=O) groups excluding carboxylic acids is 2. The molecule has 1 aromatic carbocycles. The van der Waals surface area contributed by atoms with Crippen LogP contribution in [0.5, 0.6) is 0 Å². The molecule has 146 valence electrons. The van der Waals surface area contributed by atoms with Crippen molar-refractivity contribution in [3.63, 3.8) is 0 Å². The van der Waals surface area contributed by atoms with Crippen LogP contribution >= 0.6 is 0 Å². The molecule has 1 aliphatic carbocycles. The third-order valence-corrected chi connectivity index (χ3v) is 5.53. The van der Waals surface area contributed by atoms with Crippen LogP contribution in [-0.4, -0.2) is 40.5 Å². The first kappa shape index (κ1) is 18.6. The molecule has 0 bridgehead atoms. The summed E-state index contributed by atoms with van der Waals surface area (Å²) in [6.45, 7) is 1.34. The molecule has 1 saturated heterocycles. The molecule has 3 atom stereocenters. The molecular formula is C22H24FN3O2. The summed E-state index contributed by atoms with van der Waals surface area (Å²) in [5.41, 5.74) is 2.85. The molecule has 28 heavy (non-hydrogen) atoms. The molecule has 1 unspecified atom stereocenters. The second-order valence-corrected chi connectivity index (χ2v) is 7.66. The summed E-state index contributed by atoms with van der Waals surface area (Å²) >= 11 is 0. The number of alkyl halides is 1. The van der Waals surface area contributed by atoms with Crippen LogP contribution < -0.4 is 5.32 Å². The summed E-state index contributed by atoms with van der Waals surface area (Å²) in [6.07, 6.45) is 3.14. The molecule has 1 aliphatic heterocycles. The van der Waals surface area contributed by atoms with Gasteiger partial charge in [-0.2, -0.15) is 0 Å². The Balaban J connectivity index is 1.59. The zero-order valence-corrected chi connectivity index (χ0v) is 15.8. The highest BCUT2D eigenvalue weighted by molar-refractivity contribution is 5.88. The van der Waals surface area contributed by atoms with Gasteiger partial charge in [-0.05, 0) is 36.0 Å². The predicted molar refractivity (Wildman–Crippen MR) is 103 cm³/mol. The minimum atomic E-state index is -1.18. The second kappa shape index (κ2) is 7.70. The standard InChI is InChI=1S/C22H24FN3O2/c1-14(27)26-13-18(23)11-20(26)22(28)25-21(16-5-3-2-4-6-16)19-10-9-17(12-24-19)15-7-8-15/h2-6,9-10,12,15,18,20-21H,7-8,11,13H2,1H3,(H,25,28)/t18-,20+,21?/m1/s1. The number of halogens is 1. The molecular weight excluding hydrogens is 357 g/mol. The largest absolute Gasteiger partial charge is 0.342 e. The molecule has 1 N–H and O–H groups in total. The minimum Gasteiger partial charge on any atom is -0.342 e. The molecule has 2 amide bonds. The Morgan fingerprint density at radius 3 is 2.54 bits per heavy atom. The molecule has 2 aromatic rings. The third kappa shape index (κ3) is 3.91. The molecule has 0 spiro atoms. The molecule has 4 rings (SSSR count). The smallest absolute Gasteiger partial charge is 0.243 e. The zero-order valence-electron chi connectivity index (χ0n) is 15.8. The van der Waals surface area contributed by atoms with E-state index < -0.39 is 18.3 Å². The van der Waals surface area contributed by atoms with Crippen molar-refractivity contribution in [1.29, 1.82) is 0 Å². The van der Waals surface area contributed by atoms with E-state index in [-0.39, 0.29) is 24.8 Å². The van der Waals surface area contributed by atoms with Crippen LogP contribution in [0, 0.1) is 0 Å². The van der Waals surface area contributed by atoms with E-state index >= 15 is 0 Å². The van der Waals surface area contributed by atoms with Crippen LogP contribution in [0.15, 0.2) is 48.7 Å². The zero-order chi connectivity index (χ0) is 19.7. The van der Waals surface area contributed by atoms with Gasteiger partial charge in [-0.1, -0.05) is 36.4 Å². The number of hydrogen-bond donors (Lipinski definition) is 1. The van der Waals surface area contributed by atoms with Gasteiger partial charge in [0.15, 0.2) is 0 Å². The van der Waals surface area contributed by atoms with Crippen molar-refractivity contribution in [3.05, 3.63) is 65.5 Å². The lowest BCUT2D eigenvalue weighted by Gasteiger charge is -2.25. The van der Waals surface area contributed by atoms with Gasteiger partial charge < -0.3 is 10.2 Å². The third-order valence-electron chi connectivity index (χ3n) is 5.53. The summed E-state index contributed by atoms with van der Waals surface area (Å²) in [4.78, 5) is 30.7. The highest BCUT2D eigenvalue weighted by atomic mass is 19.1. The fraction of sp³-hybridized carbons (Fsp3) is 0.409. The van der Waals surface area contributed by atoms with Crippen LogP contribution in [0.3, 0.4) is 0 Å². The maximum Gasteiger partial charge on any atom is 0.243 e. The molecule has 0 radical (unpaired) electrons. The molecule has 6 heteroatoms. The van der Waals surface area contributed by atoms with Gasteiger partial charge in [0.05, 0.1) is 18.3 Å². The first-order valence-electron chi connectivity index (χ1n) is 9.75. The van der Waals surface area contributed by atoms with Gasteiger partial charge >= 0.3 is 0 Å². The van der Waals surface area contributed by atoms with Crippen LogP contribution in [0.25, 0.3) is 0 Å². The molecule has 1 aromatic heterocycles. The number of carbonyl (C=O) groups is 2. The number of hydrogen-bond acceptors (Lipinski definition) is 3. The lowest BCUT2D eigenvalue weighted by molar-refractivity contribution is -0.137. The maximum atomic E-state index is 13.9. The Bertz CT molecular complexity index is 852. The Morgan fingerprint density at radius 2 is 1.93 bits per heavy atom. The van der Waals surface area contributed by atoms with Gasteiger partial charge in [0, 0.05) is 19.5 Å². The van der Waals surface area contributed by atoms with Crippen LogP contribution in [0.2, 0.25) is 0 Å². The van der Waals surface area contributed by atoms with Crippen LogP contribution in [-0.2, 0) is 9.59 Å². The average Bonchev–Trinajstić information content (AvgIpc) is 3.48. The number of amides is 2. The Hall–Kier alpha value is -2.76. The number of likely N-dealkylation sites (tertiary alicyclic amines) is 1. The lowest BCUT2D eigenvalue weighted by atomic mass is 10.0. The van der Waals surface area contributed by atoms with E-state index in [1.165, 1.54) is 30.2 Å². The Kier molecular flexibility index (Phi) is 5.11. The van der Waals surface area contributed by atoms with E-state index in [0.29, 0.717) is 5.92 Å². The monoisotopic (exact) mass is 381 g/mol. The summed E-state index contributed by atoms with van der Waals surface area (Å²) in [5, 5.41) is 3.00. The molecule has 2 aliphatic rings. The summed E-state index contributed by atoms with van der Waals surface area (Å²) in [5.74, 6) is -0.0313. The number of nitrogens with one attached hydrogen (secondary N) is 1. The minimum absolute atomic E-state index is 0.0287. The second-order valence-electron chi connectivity index (χ2n) is 7.66. The first-order chi connectivity index (χ1) is 13.5. The summed E-state index contributed by atoms with van der Waals surface area (Å²) < 4.78 is 13.9. The number of benzene rings is 1. The number of nitrogens with zero attached hydrogens (tertiary/aromatic N) is 2. The highest BCUT2D eigenvalue weighted by Crippen LogP contribution is 2.39.